The number of hydrogen-bond acceptors (Lipinski definition) is 6. The number of piperazine rings is 1. The molecule has 10 heteroatoms. The molecule has 1 amide bonds. The first-order chi connectivity index (χ1) is 13.8. The number of nitro groups is 1. The topological polar surface area (TPSA) is 113 Å². The van der Waals surface area contributed by atoms with Crippen molar-refractivity contribution in [3.63, 3.8) is 0 Å². The first-order valence-electron chi connectivity index (χ1n) is 10.1. The van der Waals surface area contributed by atoms with Crippen LogP contribution in [-0.2, 0) is 14.8 Å². The molecule has 1 saturated carbocycles. The third-order valence-corrected chi connectivity index (χ3v) is 7.71. The molecule has 160 valence electrons. The van der Waals surface area contributed by atoms with Crippen molar-refractivity contribution in [1.29, 1.82) is 0 Å². The number of nitro benzene ring substituents is 1. The molecule has 2 fully saturated rings. The number of rotatable bonds is 6. The molecular formula is C19H28N4O5S. The van der Waals surface area contributed by atoms with Crippen molar-refractivity contribution >= 4 is 21.6 Å². The second kappa shape index (κ2) is 9.19. The third-order valence-electron chi connectivity index (χ3n) is 5.82. The lowest BCUT2D eigenvalue weighted by molar-refractivity contribution is -0.385. The molecule has 1 unspecified atom stereocenters. The molecule has 1 aromatic rings. The molecule has 2 aliphatic rings. The van der Waals surface area contributed by atoms with Crippen LogP contribution in [-0.4, -0.2) is 66.7 Å². The Morgan fingerprint density at radius 2 is 1.83 bits per heavy atom. The minimum absolute atomic E-state index is 0.00751. The molecule has 1 atom stereocenters. The SMILES string of the molecule is CC(C(=O)NC1CCCCC1)N1CCN(S(=O)(=O)c2cccc([N+](=O)[O-])c2)CC1. The van der Waals surface area contributed by atoms with Crippen molar-refractivity contribution < 1.29 is 18.1 Å². The highest BCUT2D eigenvalue weighted by molar-refractivity contribution is 7.89. The van der Waals surface area contributed by atoms with Crippen molar-refractivity contribution in [2.75, 3.05) is 26.2 Å². The quantitative estimate of drug-likeness (QED) is 0.550. The summed E-state index contributed by atoms with van der Waals surface area (Å²) < 4.78 is 27.0. The number of nitrogens with zero attached hydrogens (tertiary/aromatic N) is 3. The van der Waals surface area contributed by atoms with Gasteiger partial charge >= 0.3 is 0 Å². The van der Waals surface area contributed by atoms with Gasteiger partial charge in [-0.3, -0.25) is 19.8 Å². The van der Waals surface area contributed by atoms with Crippen molar-refractivity contribution in [3.05, 3.63) is 34.4 Å². The van der Waals surface area contributed by atoms with Crippen LogP contribution in [0.15, 0.2) is 29.2 Å². The van der Waals surface area contributed by atoms with Crippen LogP contribution in [0.3, 0.4) is 0 Å². The predicted octanol–water partition coefficient (Wildman–Crippen LogP) is 1.74. The van der Waals surface area contributed by atoms with E-state index in [0.717, 1.165) is 31.7 Å². The minimum Gasteiger partial charge on any atom is -0.352 e. The molecule has 1 aromatic carbocycles. The molecule has 3 rings (SSSR count). The summed E-state index contributed by atoms with van der Waals surface area (Å²) in [5.41, 5.74) is -0.252. The fraction of sp³-hybridized carbons (Fsp3) is 0.632. The van der Waals surface area contributed by atoms with E-state index in [9.17, 15) is 23.3 Å². The molecule has 29 heavy (non-hydrogen) atoms. The smallest absolute Gasteiger partial charge is 0.270 e. The van der Waals surface area contributed by atoms with Gasteiger partial charge in [0.15, 0.2) is 0 Å². The Kier molecular flexibility index (Phi) is 6.86. The van der Waals surface area contributed by atoms with Crippen LogP contribution in [0.1, 0.15) is 39.0 Å². The summed E-state index contributed by atoms with van der Waals surface area (Å²) in [6, 6.07) is 5.02. The van der Waals surface area contributed by atoms with Crippen LogP contribution in [0.25, 0.3) is 0 Å². The third kappa shape index (κ3) is 5.12. The lowest BCUT2D eigenvalue weighted by Crippen LogP contribution is -2.55. The van der Waals surface area contributed by atoms with Crippen LogP contribution >= 0.6 is 0 Å². The Labute approximate surface area is 171 Å². The fourth-order valence-electron chi connectivity index (χ4n) is 3.97. The van der Waals surface area contributed by atoms with Crippen molar-refractivity contribution in [2.45, 2.75) is 56.0 Å². The highest BCUT2D eigenvalue weighted by Crippen LogP contribution is 2.23. The Balaban J connectivity index is 1.58. The maximum Gasteiger partial charge on any atom is 0.270 e. The standard InChI is InChI=1S/C19H28N4O5S/c1-15(19(24)20-16-6-3-2-4-7-16)21-10-12-22(13-11-21)29(27,28)18-9-5-8-17(14-18)23(25)26/h5,8-9,14-16H,2-4,6-7,10-13H2,1H3,(H,20,24). The number of carbonyl (C=O) groups is 1. The average molecular weight is 425 g/mol. The highest BCUT2D eigenvalue weighted by Gasteiger charge is 2.33. The molecule has 1 aliphatic heterocycles. The average Bonchev–Trinajstić information content (AvgIpc) is 2.74. The summed E-state index contributed by atoms with van der Waals surface area (Å²) in [6.45, 7) is 3.21. The number of nitrogens with one attached hydrogen (secondary N) is 1. The van der Waals surface area contributed by atoms with E-state index in [1.54, 1.807) is 0 Å². The van der Waals surface area contributed by atoms with E-state index in [4.69, 9.17) is 0 Å². The van der Waals surface area contributed by atoms with E-state index >= 15 is 0 Å². The molecule has 0 bridgehead atoms. The first-order valence-corrected chi connectivity index (χ1v) is 11.5. The first kappa shape index (κ1) is 21.7. The normalized spacial score (nSPS) is 20.9. The fourth-order valence-corrected chi connectivity index (χ4v) is 5.43. The van der Waals surface area contributed by atoms with E-state index < -0.39 is 14.9 Å². The summed E-state index contributed by atoms with van der Waals surface area (Å²) in [5, 5.41) is 14.1. The molecule has 1 N–H and O–H groups in total. The second-order valence-electron chi connectivity index (χ2n) is 7.71. The number of hydrogen-bond donors (Lipinski definition) is 1. The number of non-ortho nitro benzene ring substituents is 1. The maximum atomic E-state index is 12.8. The van der Waals surface area contributed by atoms with Gasteiger partial charge in [0.2, 0.25) is 15.9 Å². The molecule has 1 aliphatic carbocycles. The monoisotopic (exact) mass is 424 g/mol. The molecule has 0 radical (unpaired) electrons. The zero-order valence-corrected chi connectivity index (χ0v) is 17.4. The molecule has 0 aromatic heterocycles. The summed E-state index contributed by atoms with van der Waals surface area (Å²) in [6.07, 6.45) is 5.56. The van der Waals surface area contributed by atoms with Gasteiger partial charge in [-0.25, -0.2) is 8.42 Å². The van der Waals surface area contributed by atoms with Crippen molar-refractivity contribution in [1.82, 2.24) is 14.5 Å². The van der Waals surface area contributed by atoms with Crippen molar-refractivity contribution in [3.8, 4) is 0 Å². The molecule has 1 heterocycles. The Morgan fingerprint density at radius 3 is 2.45 bits per heavy atom. The van der Waals surface area contributed by atoms with E-state index in [1.807, 2.05) is 11.8 Å². The molecule has 0 spiro atoms. The second-order valence-corrected chi connectivity index (χ2v) is 9.65. The van der Waals surface area contributed by atoms with Gasteiger partial charge in [0.05, 0.1) is 15.9 Å². The number of amides is 1. The lowest BCUT2D eigenvalue weighted by Gasteiger charge is -2.37. The Bertz CT molecular complexity index is 846. The summed E-state index contributed by atoms with van der Waals surface area (Å²) in [7, 11) is -3.81. The summed E-state index contributed by atoms with van der Waals surface area (Å²) in [5.74, 6) is -0.00751. The van der Waals surface area contributed by atoms with E-state index in [0.29, 0.717) is 13.1 Å². The van der Waals surface area contributed by atoms with Gasteiger partial charge in [0, 0.05) is 44.4 Å². The van der Waals surface area contributed by atoms with Gasteiger partial charge in [0.25, 0.3) is 5.69 Å². The molecule has 1 saturated heterocycles. The van der Waals surface area contributed by atoms with Gasteiger partial charge in [-0.05, 0) is 25.8 Å². The number of sulfonamides is 1. The lowest BCUT2D eigenvalue weighted by atomic mass is 9.95. The zero-order valence-electron chi connectivity index (χ0n) is 16.6. The molecular weight excluding hydrogens is 396 g/mol. The highest BCUT2D eigenvalue weighted by atomic mass is 32.2. The van der Waals surface area contributed by atoms with Crippen LogP contribution in [0.4, 0.5) is 5.69 Å². The van der Waals surface area contributed by atoms with E-state index in [1.165, 1.54) is 28.9 Å². The van der Waals surface area contributed by atoms with Gasteiger partial charge < -0.3 is 5.32 Å². The minimum atomic E-state index is -3.81. The van der Waals surface area contributed by atoms with Crippen molar-refractivity contribution in [2.24, 2.45) is 0 Å². The van der Waals surface area contributed by atoms with E-state index in [-0.39, 0.29) is 41.7 Å². The van der Waals surface area contributed by atoms with Crippen LogP contribution < -0.4 is 5.32 Å². The maximum absolute atomic E-state index is 12.8. The van der Waals surface area contributed by atoms with Crippen LogP contribution in [0.5, 0.6) is 0 Å². The van der Waals surface area contributed by atoms with Gasteiger partial charge in [-0.2, -0.15) is 4.31 Å². The number of carbonyl (C=O) groups excluding carboxylic acids is 1. The van der Waals surface area contributed by atoms with Gasteiger partial charge in [-0.15, -0.1) is 0 Å². The van der Waals surface area contributed by atoms with Gasteiger partial charge in [-0.1, -0.05) is 25.3 Å². The number of benzene rings is 1. The van der Waals surface area contributed by atoms with E-state index in [2.05, 4.69) is 5.32 Å². The van der Waals surface area contributed by atoms with Crippen LogP contribution in [0.2, 0.25) is 0 Å². The Morgan fingerprint density at radius 1 is 1.17 bits per heavy atom. The summed E-state index contributed by atoms with van der Waals surface area (Å²) in [4.78, 5) is 24.8. The van der Waals surface area contributed by atoms with Crippen LogP contribution in [0, 0.1) is 10.1 Å². The van der Waals surface area contributed by atoms with Gasteiger partial charge in [0.1, 0.15) is 0 Å². The largest absolute Gasteiger partial charge is 0.352 e. The molecule has 9 nitrogen and oxygen atoms in total. The Hall–Kier alpha value is -2.04. The predicted molar refractivity (Wildman–Crippen MR) is 108 cm³/mol. The summed E-state index contributed by atoms with van der Waals surface area (Å²) >= 11 is 0. The zero-order chi connectivity index (χ0) is 21.0.